The number of hydrogen-bond acceptors (Lipinski definition) is 4. The van der Waals surface area contributed by atoms with Crippen molar-refractivity contribution in [3.8, 4) is 0 Å². The highest BCUT2D eigenvalue weighted by atomic mass is 35.5. The van der Waals surface area contributed by atoms with Crippen LogP contribution in [0, 0.1) is 11.8 Å². The Hall–Kier alpha value is -0.350. The summed E-state index contributed by atoms with van der Waals surface area (Å²) in [6.45, 7) is 3.30. The van der Waals surface area contributed by atoms with Crippen LogP contribution in [0.15, 0.2) is 0 Å². The molecule has 14 heavy (non-hydrogen) atoms. The first-order valence-electron chi connectivity index (χ1n) is 4.97. The van der Waals surface area contributed by atoms with Gasteiger partial charge in [-0.05, 0) is 24.7 Å². The zero-order chi connectivity index (χ0) is 9.97. The fourth-order valence-electron chi connectivity index (χ4n) is 2.03. The minimum absolute atomic E-state index is 0.501. The van der Waals surface area contributed by atoms with E-state index in [1.54, 1.807) is 0 Å². The maximum Gasteiger partial charge on any atom is 0.186 e. The molecule has 3 nitrogen and oxygen atoms in total. The third kappa shape index (κ3) is 2.36. The van der Waals surface area contributed by atoms with E-state index in [1.807, 2.05) is 0 Å². The Kier molecular flexibility index (Phi) is 3.23. The summed E-state index contributed by atoms with van der Waals surface area (Å²) in [7, 11) is 0. The summed E-state index contributed by atoms with van der Waals surface area (Å²) in [5.74, 6) is 2.41. The molecule has 2 atom stereocenters. The lowest BCUT2D eigenvalue weighted by Gasteiger charge is -2.09. The molecule has 0 aliphatic heterocycles. The van der Waals surface area contributed by atoms with Gasteiger partial charge in [0.15, 0.2) is 11.0 Å². The second kappa shape index (κ2) is 4.45. The molecule has 1 fully saturated rings. The molecule has 1 aliphatic carbocycles. The molecule has 0 spiro atoms. The van der Waals surface area contributed by atoms with Crippen LogP contribution in [-0.2, 0) is 0 Å². The molecule has 0 saturated heterocycles. The molecule has 0 radical (unpaired) electrons. The normalized spacial score (nSPS) is 26.7. The Morgan fingerprint density at radius 1 is 1.50 bits per heavy atom. The molecule has 0 aromatic carbocycles. The standard InChI is InChI=1S/C9H14ClN3S/c1-6-2-3-7(4-6)5-11-9-8(10)12-14-13-9/h6-7H,2-5H2,1H3,(H,11,13). The van der Waals surface area contributed by atoms with Crippen molar-refractivity contribution in [2.45, 2.75) is 26.2 Å². The van der Waals surface area contributed by atoms with Gasteiger partial charge in [-0.15, -0.1) is 0 Å². The Balaban J connectivity index is 1.80. The van der Waals surface area contributed by atoms with Gasteiger partial charge in [0.2, 0.25) is 0 Å². The van der Waals surface area contributed by atoms with Gasteiger partial charge in [0, 0.05) is 6.54 Å². The van der Waals surface area contributed by atoms with Crippen LogP contribution in [0.4, 0.5) is 5.82 Å². The lowest BCUT2D eigenvalue weighted by Crippen LogP contribution is -2.11. The molecule has 2 unspecified atom stereocenters. The van der Waals surface area contributed by atoms with Crippen LogP contribution in [-0.4, -0.2) is 15.3 Å². The van der Waals surface area contributed by atoms with E-state index < -0.39 is 0 Å². The molecular formula is C9H14ClN3S. The van der Waals surface area contributed by atoms with Crippen LogP contribution in [0.2, 0.25) is 5.15 Å². The molecule has 1 aromatic rings. The summed E-state index contributed by atoms with van der Waals surface area (Å²) in [6, 6.07) is 0. The third-order valence-electron chi connectivity index (χ3n) is 2.81. The second-order valence-corrected chi connectivity index (χ2v) is 4.96. The minimum atomic E-state index is 0.501. The van der Waals surface area contributed by atoms with E-state index in [-0.39, 0.29) is 0 Å². The van der Waals surface area contributed by atoms with Crippen LogP contribution >= 0.6 is 23.3 Å². The maximum atomic E-state index is 5.83. The van der Waals surface area contributed by atoms with Crippen LogP contribution in [0.5, 0.6) is 0 Å². The Morgan fingerprint density at radius 2 is 2.36 bits per heavy atom. The van der Waals surface area contributed by atoms with Crippen LogP contribution in [0.1, 0.15) is 26.2 Å². The number of anilines is 1. The second-order valence-electron chi connectivity index (χ2n) is 4.07. The van der Waals surface area contributed by atoms with E-state index in [1.165, 1.54) is 19.3 Å². The van der Waals surface area contributed by atoms with Gasteiger partial charge in [-0.25, -0.2) is 0 Å². The lowest BCUT2D eigenvalue weighted by atomic mass is 10.1. The predicted molar refractivity (Wildman–Crippen MR) is 59.9 cm³/mol. The highest BCUT2D eigenvalue weighted by Crippen LogP contribution is 2.30. The van der Waals surface area contributed by atoms with Crippen molar-refractivity contribution in [1.29, 1.82) is 0 Å². The topological polar surface area (TPSA) is 37.8 Å². The van der Waals surface area contributed by atoms with Crippen molar-refractivity contribution in [3.05, 3.63) is 5.15 Å². The van der Waals surface area contributed by atoms with Gasteiger partial charge >= 0.3 is 0 Å². The molecular weight excluding hydrogens is 218 g/mol. The number of nitrogens with zero attached hydrogens (tertiary/aromatic N) is 2. The SMILES string of the molecule is CC1CCC(CNc2nsnc2Cl)C1. The fourth-order valence-corrected chi connectivity index (χ4v) is 2.72. The number of halogens is 1. The van der Waals surface area contributed by atoms with Crippen molar-refractivity contribution in [2.75, 3.05) is 11.9 Å². The first-order valence-corrected chi connectivity index (χ1v) is 6.08. The largest absolute Gasteiger partial charge is 0.366 e. The van der Waals surface area contributed by atoms with Crippen molar-refractivity contribution < 1.29 is 0 Å². The van der Waals surface area contributed by atoms with Crippen molar-refractivity contribution in [2.24, 2.45) is 11.8 Å². The summed E-state index contributed by atoms with van der Waals surface area (Å²) in [5.41, 5.74) is 0. The smallest absolute Gasteiger partial charge is 0.186 e. The average molecular weight is 232 g/mol. The molecule has 1 aliphatic rings. The van der Waals surface area contributed by atoms with Gasteiger partial charge in [0.25, 0.3) is 0 Å². The lowest BCUT2D eigenvalue weighted by molar-refractivity contribution is 0.537. The van der Waals surface area contributed by atoms with Gasteiger partial charge < -0.3 is 5.32 Å². The van der Waals surface area contributed by atoms with Gasteiger partial charge in [-0.1, -0.05) is 24.9 Å². The Labute approximate surface area is 93.2 Å². The summed E-state index contributed by atoms with van der Waals surface area (Å²) in [6.07, 6.45) is 4.00. The van der Waals surface area contributed by atoms with Crippen molar-refractivity contribution in [1.82, 2.24) is 8.75 Å². The van der Waals surface area contributed by atoms with E-state index in [4.69, 9.17) is 11.6 Å². The zero-order valence-corrected chi connectivity index (χ0v) is 9.74. The molecule has 5 heteroatoms. The number of hydrogen-bond donors (Lipinski definition) is 1. The minimum Gasteiger partial charge on any atom is -0.366 e. The van der Waals surface area contributed by atoms with E-state index >= 15 is 0 Å². The fraction of sp³-hybridized carbons (Fsp3) is 0.778. The highest BCUT2D eigenvalue weighted by Gasteiger charge is 2.21. The summed E-state index contributed by atoms with van der Waals surface area (Å²) >= 11 is 6.98. The van der Waals surface area contributed by atoms with Crippen LogP contribution < -0.4 is 5.32 Å². The van der Waals surface area contributed by atoms with Gasteiger partial charge in [-0.2, -0.15) is 8.75 Å². The average Bonchev–Trinajstić information content (AvgIpc) is 2.72. The first-order chi connectivity index (χ1) is 6.75. The number of aromatic nitrogens is 2. The molecule has 78 valence electrons. The Bertz CT molecular complexity index is 302. The number of nitrogens with one attached hydrogen (secondary N) is 1. The monoisotopic (exact) mass is 231 g/mol. The van der Waals surface area contributed by atoms with E-state index in [9.17, 15) is 0 Å². The van der Waals surface area contributed by atoms with Gasteiger partial charge in [0.1, 0.15) is 0 Å². The number of rotatable bonds is 3. The highest BCUT2D eigenvalue weighted by molar-refractivity contribution is 6.99. The van der Waals surface area contributed by atoms with E-state index in [2.05, 4.69) is 21.0 Å². The van der Waals surface area contributed by atoms with Gasteiger partial charge in [-0.3, -0.25) is 0 Å². The van der Waals surface area contributed by atoms with Crippen LogP contribution in [0.25, 0.3) is 0 Å². The summed E-state index contributed by atoms with van der Waals surface area (Å²) in [4.78, 5) is 0. The molecule has 1 N–H and O–H groups in total. The first kappa shape index (κ1) is 10.2. The van der Waals surface area contributed by atoms with Crippen molar-refractivity contribution in [3.63, 3.8) is 0 Å². The van der Waals surface area contributed by atoms with E-state index in [0.29, 0.717) is 5.15 Å². The Morgan fingerprint density at radius 3 is 2.93 bits per heavy atom. The molecule has 1 heterocycles. The van der Waals surface area contributed by atoms with Crippen molar-refractivity contribution >= 4 is 29.1 Å². The molecule has 0 amide bonds. The molecule has 1 saturated carbocycles. The summed E-state index contributed by atoms with van der Waals surface area (Å²) < 4.78 is 7.99. The van der Waals surface area contributed by atoms with Gasteiger partial charge in [0.05, 0.1) is 11.7 Å². The third-order valence-corrected chi connectivity index (χ3v) is 3.70. The quantitative estimate of drug-likeness (QED) is 0.869. The van der Waals surface area contributed by atoms with Crippen LogP contribution in [0.3, 0.4) is 0 Å². The molecule has 0 bridgehead atoms. The summed E-state index contributed by atoms with van der Waals surface area (Å²) in [5, 5.41) is 3.76. The maximum absolute atomic E-state index is 5.83. The zero-order valence-electron chi connectivity index (χ0n) is 8.16. The predicted octanol–water partition coefficient (Wildman–Crippen LogP) is 3.04. The molecule has 2 rings (SSSR count). The molecule has 1 aromatic heterocycles. The van der Waals surface area contributed by atoms with E-state index in [0.717, 1.165) is 35.9 Å².